The van der Waals surface area contributed by atoms with E-state index in [9.17, 15) is 19.7 Å². The van der Waals surface area contributed by atoms with Gasteiger partial charge in [-0.25, -0.2) is 10.2 Å². The Labute approximate surface area is 182 Å². The standard InChI is InChI=1S/C20H20ClN3O7/c1-3-30-19(26)12-31-20-15(21)8-13(9-17(20)29-2)11-22-23-18(25)10-14-6-4-5-7-16(14)24(27)28/h4-9,11H,3,10,12H2,1-2H3,(H,23,25). The van der Waals surface area contributed by atoms with E-state index in [4.69, 9.17) is 25.8 Å². The van der Waals surface area contributed by atoms with Crippen LogP contribution in [-0.2, 0) is 20.7 Å². The van der Waals surface area contributed by atoms with Crippen molar-refractivity contribution in [2.24, 2.45) is 5.10 Å². The summed E-state index contributed by atoms with van der Waals surface area (Å²) in [7, 11) is 1.40. The van der Waals surface area contributed by atoms with Crippen molar-refractivity contribution >= 4 is 35.4 Å². The molecule has 0 unspecified atom stereocenters. The summed E-state index contributed by atoms with van der Waals surface area (Å²) in [6.45, 7) is 1.57. The summed E-state index contributed by atoms with van der Waals surface area (Å²) in [4.78, 5) is 34.0. The minimum absolute atomic E-state index is 0.142. The average molecular weight is 450 g/mol. The summed E-state index contributed by atoms with van der Waals surface area (Å²) < 4.78 is 15.4. The lowest BCUT2D eigenvalue weighted by Gasteiger charge is -2.12. The molecule has 2 aromatic rings. The van der Waals surface area contributed by atoms with Crippen molar-refractivity contribution in [1.82, 2.24) is 5.43 Å². The number of esters is 1. The van der Waals surface area contributed by atoms with Crippen molar-refractivity contribution in [2.45, 2.75) is 13.3 Å². The van der Waals surface area contributed by atoms with E-state index in [1.165, 1.54) is 37.6 Å². The predicted octanol–water partition coefficient (Wildman–Crippen LogP) is 2.89. The van der Waals surface area contributed by atoms with Crippen LogP contribution in [0.5, 0.6) is 11.5 Å². The van der Waals surface area contributed by atoms with Crippen LogP contribution in [0, 0.1) is 10.1 Å². The lowest BCUT2D eigenvalue weighted by molar-refractivity contribution is -0.385. The molecule has 164 valence electrons. The molecule has 0 bridgehead atoms. The maximum absolute atomic E-state index is 12.1. The molecular formula is C20H20ClN3O7. The van der Waals surface area contributed by atoms with Gasteiger partial charge in [0.1, 0.15) is 0 Å². The fraction of sp³-hybridized carbons (Fsp3) is 0.250. The van der Waals surface area contributed by atoms with Gasteiger partial charge < -0.3 is 14.2 Å². The number of carbonyl (C=O) groups excluding carboxylic acids is 2. The molecule has 0 aliphatic heterocycles. The van der Waals surface area contributed by atoms with Crippen LogP contribution in [0.4, 0.5) is 5.69 Å². The molecule has 0 heterocycles. The zero-order valence-corrected chi connectivity index (χ0v) is 17.5. The Morgan fingerprint density at radius 3 is 2.71 bits per heavy atom. The first kappa shape index (κ1) is 23.6. The third-order valence-corrected chi connectivity index (χ3v) is 4.11. The van der Waals surface area contributed by atoms with Crippen molar-refractivity contribution in [2.75, 3.05) is 20.3 Å². The number of rotatable bonds is 10. The van der Waals surface area contributed by atoms with Crippen molar-refractivity contribution < 1.29 is 28.7 Å². The van der Waals surface area contributed by atoms with Crippen molar-refractivity contribution in [3.05, 3.63) is 62.7 Å². The van der Waals surface area contributed by atoms with Gasteiger partial charge in [0, 0.05) is 11.6 Å². The van der Waals surface area contributed by atoms with Crippen LogP contribution in [0.2, 0.25) is 5.02 Å². The number of benzene rings is 2. The van der Waals surface area contributed by atoms with Gasteiger partial charge in [0.25, 0.3) is 5.69 Å². The van der Waals surface area contributed by atoms with E-state index in [2.05, 4.69) is 10.5 Å². The number of nitro groups is 1. The maximum Gasteiger partial charge on any atom is 0.344 e. The SMILES string of the molecule is CCOC(=O)COc1c(Cl)cc(C=NNC(=O)Cc2ccccc2[N+](=O)[O-])cc1OC. The minimum atomic E-state index is -0.550. The van der Waals surface area contributed by atoms with Gasteiger partial charge in [-0.15, -0.1) is 0 Å². The first-order valence-electron chi connectivity index (χ1n) is 9.05. The summed E-state index contributed by atoms with van der Waals surface area (Å²) in [5.74, 6) is -0.662. The van der Waals surface area contributed by atoms with Gasteiger partial charge in [0.05, 0.1) is 36.3 Å². The fourth-order valence-electron chi connectivity index (χ4n) is 2.52. The first-order chi connectivity index (χ1) is 14.8. The molecule has 0 fully saturated rings. The number of ether oxygens (including phenoxy) is 3. The second-order valence-corrected chi connectivity index (χ2v) is 6.39. The van der Waals surface area contributed by atoms with Crippen molar-refractivity contribution in [3.63, 3.8) is 0 Å². The number of hydrazone groups is 1. The highest BCUT2D eigenvalue weighted by Gasteiger charge is 2.16. The van der Waals surface area contributed by atoms with Gasteiger partial charge in [-0.05, 0) is 24.6 Å². The number of nitrogens with zero attached hydrogens (tertiary/aromatic N) is 2. The Morgan fingerprint density at radius 1 is 1.29 bits per heavy atom. The quantitative estimate of drug-likeness (QED) is 0.255. The van der Waals surface area contributed by atoms with E-state index in [0.29, 0.717) is 5.56 Å². The van der Waals surface area contributed by atoms with Gasteiger partial charge in [-0.1, -0.05) is 29.8 Å². The highest BCUT2D eigenvalue weighted by Crippen LogP contribution is 2.36. The van der Waals surface area contributed by atoms with Crippen molar-refractivity contribution in [1.29, 1.82) is 0 Å². The van der Waals surface area contributed by atoms with E-state index in [-0.39, 0.29) is 47.4 Å². The Balaban J connectivity index is 2.04. The number of halogens is 1. The summed E-state index contributed by atoms with van der Waals surface area (Å²) in [6.07, 6.45) is 1.11. The minimum Gasteiger partial charge on any atom is -0.493 e. The third kappa shape index (κ3) is 6.96. The molecule has 0 saturated carbocycles. The normalized spacial score (nSPS) is 10.5. The molecule has 0 radical (unpaired) electrons. The summed E-state index contributed by atoms with van der Waals surface area (Å²) in [6, 6.07) is 9.01. The van der Waals surface area contributed by atoms with Gasteiger partial charge >= 0.3 is 5.97 Å². The second-order valence-electron chi connectivity index (χ2n) is 5.98. The molecule has 0 aromatic heterocycles. The molecular weight excluding hydrogens is 430 g/mol. The van der Waals surface area contributed by atoms with Crippen LogP contribution < -0.4 is 14.9 Å². The number of methoxy groups -OCH3 is 1. The van der Waals surface area contributed by atoms with Gasteiger partial charge in [-0.2, -0.15) is 5.10 Å². The number of para-hydroxylation sites is 1. The number of hydrogen-bond acceptors (Lipinski definition) is 8. The van der Waals surface area contributed by atoms with Crippen LogP contribution >= 0.6 is 11.6 Å². The molecule has 1 N–H and O–H groups in total. The summed E-state index contributed by atoms with van der Waals surface area (Å²) in [5, 5.41) is 15.0. The summed E-state index contributed by atoms with van der Waals surface area (Å²) in [5.41, 5.74) is 2.91. The van der Waals surface area contributed by atoms with Gasteiger partial charge in [0.2, 0.25) is 5.91 Å². The van der Waals surface area contributed by atoms with Gasteiger partial charge in [0.15, 0.2) is 18.1 Å². The van der Waals surface area contributed by atoms with E-state index < -0.39 is 16.8 Å². The highest BCUT2D eigenvalue weighted by molar-refractivity contribution is 6.32. The molecule has 0 saturated heterocycles. The Kier molecular flexibility index (Phi) is 8.77. The molecule has 0 atom stereocenters. The predicted molar refractivity (Wildman–Crippen MR) is 113 cm³/mol. The van der Waals surface area contributed by atoms with Crippen LogP contribution in [0.25, 0.3) is 0 Å². The largest absolute Gasteiger partial charge is 0.493 e. The zero-order valence-electron chi connectivity index (χ0n) is 16.8. The van der Waals surface area contributed by atoms with Crippen LogP contribution in [0.3, 0.4) is 0 Å². The van der Waals surface area contributed by atoms with Crippen LogP contribution in [-0.4, -0.2) is 43.3 Å². The molecule has 11 heteroatoms. The van der Waals surface area contributed by atoms with Gasteiger partial charge in [-0.3, -0.25) is 14.9 Å². The molecule has 0 aliphatic rings. The van der Waals surface area contributed by atoms with Crippen LogP contribution in [0.1, 0.15) is 18.1 Å². The Hall–Kier alpha value is -3.66. The van der Waals surface area contributed by atoms with E-state index in [0.717, 1.165) is 0 Å². The molecule has 0 spiro atoms. The second kappa shape index (κ2) is 11.5. The number of hydrogen-bond donors (Lipinski definition) is 1. The summed E-state index contributed by atoms with van der Waals surface area (Å²) >= 11 is 6.20. The number of nitrogens with one attached hydrogen (secondary N) is 1. The Bertz CT molecular complexity index is 995. The fourth-order valence-corrected chi connectivity index (χ4v) is 2.79. The van der Waals surface area contributed by atoms with Crippen LogP contribution in [0.15, 0.2) is 41.5 Å². The number of carbonyl (C=O) groups is 2. The molecule has 2 aromatic carbocycles. The highest BCUT2D eigenvalue weighted by atomic mass is 35.5. The van der Waals surface area contributed by atoms with Crippen molar-refractivity contribution in [3.8, 4) is 11.5 Å². The van der Waals surface area contributed by atoms with E-state index in [1.807, 2.05) is 0 Å². The number of nitro benzene ring substituents is 1. The lowest BCUT2D eigenvalue weighted by Crippen LogP contribution is -2.20. The number of amides is 1. The zero-order chi connectivity index (χ0) is 22.8. The monoisotopic (exact) mass is 449 g/mol. The molecule has 1 amide bonds. The Morgan fingerprint density at radius 2 is 2.03 bits per heavy atom. The average Bonchev–Trinajstić information content (AvgIpc) is 2.73. The molecule has 31 heavy (non-hydrogen) atoms. The van der Waals surface area contributed by atoms with E-state index in [1.54, 1.807) is 19.1 Å². The molecule has 0 aliphatic carbocycles. The lowest BCUT2D eigenvalue weighted by atomic mass is 10.1. The maximum atomic E-state index is 12.1. The smallest absolute Gasteiger partial charge is 0.344 e. The molecule has 2 rings (SSSR count). The first-order valence-corrected chi connectivity index (χ1v) is 9.43. The van der Waals surface area contributed by atoms with E-state index >= 15 is 0 Å². The molecule has 10 nitrogen and oxygen atoms in total. The third-order valence-electron chi connectivity index (χ3n) is 3.83. The topological polar surface area (TPSA) is 129 Å².